The van der Waals surface area contributed by atoms with Crippen molar-refractivity contribution in [1.82, 2.24) is 5.32 Å². The Bertz CT molecular complexity index is 423. The molecule has 0 saturated carbocycles. The minimum atomic E-state index is -3.27. The monoisotopic (exact) mass is 295 g/mol. The highest BCUT2D eigenvalue weighted by molar-refractivity contribution is 7.90. The number of carboxylic acid groups (broad SMARTS) is 1. The molecule has 112 valence electrons. The zero-order chi connectivity index (χ0) is 15.3. The van der Waals surface area contributed by atoms with Gasteiger partial charge in [0.2, 0.25) is 5.91 Å². The molecule has 19 heavy (non-hydrogen) atoms. The van der Waals surface area contributed by atoms with Gasteiger partial charge in [0.25, 0.3) is 0 Å². The van der Waals surface area contributed by atoms with Crippen molar-refractivity contribution in [2.75, 3.05) is 18.6 Å². The summed E-state index contributed by atoms with van der Waals surface area (Å²) in [6, 6.07) is -1.23. The predicted molar refractivity (Wildman–Crippen MR) is 69.6 cm³/mol. The molecule has 8 heteroatoms. The Balaban J connectivity index is 4.35. The van der Waals surface area contributed by atoms with Crippen LogP contribution in [-0.4, -0.2) is 55.7 Å². The predicted octanol–water partition coefficient (Wildman–Crippen LogP) is -0.194. The molecule has 0 rings (SSSR count). The van der Waals surface area contributed by atoms with Gasteiger partial charge in [0.05, 0.1) is 11.4 Å². The van der Waals surface area contributed by atoms with Gasteiger partial charge >= 0.3 is 5.97 Å². The van der Waals surface area contributed by atoms with Crippen molar-refractivity contribution >= 4 is 21.7 Å². The van der Waals surface area contributed by atoms with E-state index in [9.17, 15) is 18.0 Å². The number of rotatable bonds is 7. The molecule has 0 fully saturated rings. The summed E-state index contributed by atoms with van der Waals surface area (Å²) in [5, 5.41) is 11.1. The van der Waals surface area contributed by atoms with Crippen LogP contribution in [0.25, 0.3) is 0 Å². The van der Waals surface area contributed by atoms with Crippen molar-refractivity contribution in [3.8, 4) is 0 Å². The molecule has 2 N–H and O–H groups in total. The first-order valence-corrected chi connectivity index (χ1v) is 7.80. The quantitative estimate of drug-likeness (QED) is 0.673. The lowest BCUT2D eigenvalue weighted by molar-refractivity contribution is -0.143. The number of carboxylic acids is 1. The molecule has 0 saturated heterocycles. The smallest absolute Gasteiger partial charge is 0.326 e. The topological polar surface area (TPSA) is 110 Å². The zero-order valence-electron chi connectivity index (χ0n) is 11.6. The normalized spacial score (nSPS) is 13.9. The number of nitrogens with one attached hydrogen (secondary N) is 1. The van der Waals surface area contributed by atoms with E-state index in [0.717, 1.165) is 6.26 Å². The third-order valence-corrected chi connectivity index (χ3v) is 3.02. The summed E-state index contributed by atoms with van der Waals surface area (Å²) in [6.07, 6.45) is 0.839. The van der Waals surface area contributed by atoms with Crippen molar-refractivity contribution in [1.29, 1.82) is 0 Å². The maximum atomic E-state index is 11.5. The minimum absolute atomic E-state index is 0.171. The van der Waals surface area contributed by atoms with Gasteiger partial charge in [0.15, 0.2) is 0 Å². The second kappa shape index (κ2) is 6.85. The fraction of sp³-hybridized carbons (Fsp3) is 0.818. The van der Waals surface area contributed by atoms with Crippen molar-refractivity contribution in [3.05, 3.63) is 0 Å². The Morgan fingerprint density at radius 1 is 1.32 bits per heavy atom. The summed E-state index contributed by atoms with van der Waals surface area (Å²) < 4.78 is 27.1. The Labute approximate surface area is 113 Å². The fourth-order valence-corrected chi connectivity index (χ4v) is 1.77. The molecule has 0 aliphatic heterocycles. The first-order valence-electron chi connectivity index (χ1n) is 5.74. The van der Waals surface area contributed by atoms with E-state index in [1.807, 2.05) is 0 Å². The van der Waals surface area contributed by atoms with Gasteiger partial charge in [0, 0.05) is 6.26 Å². The Morgan fingerprint density at radius 2 is 1.84 bits per heavy atom. The standard InChI is InChI=1S/C11H21NO6S/c1-11(2,3)18-7-9(13)12-8(10(14)15)5-6-19(4,16)17/h8H,5-7H2,1-4H3,(H,12,13)(H,14,15). The molecule has 0 aliphatic carbocycles. The molecular formula is C11H21NO6S. The zero-order valence-corrected chi connectivity index (χ0v) is 12.4. The van der Waals surface area contributed by atoms with E-state index in [1.165, 1.54) is 0 Å². The highest BCUT2D eigenvalue weighted by Gasteiger charge is 2.22. The van der Waals surface area contributed by atoms with Crippen LogP contribution in [0.3, 0.4) is 0 Å². The molecule has 0 spiro atoms. The SMILES string of the molecule is CC(C)(C)OCC(=O)NC(CCS(C)(=O)=O)C(=O)O. The summed E-state index contributed by atoms with van der Waals surface area (Å²) >= 11 is 0. The van der Waals surface area contributed by atoms with Crippen LogP contribution in [0.5, 0.6) is 0 Å². The van der Waals surface area contributed by atoms with E-state index in [-0.39, 0.29) is 18.8 Å². The Morgan fingerprint density at radius 3 is 2.21 bits per heavy atom. The lowest BCUT2D eigenvalue weighted by atomic mass is 10.2. The highest BCUT2D eigenvalue weighted by Crippen LogP contribution is 2.06. The molecular weight excluding hydrogens is 274 g/mol. The number of carbonyl (C=O) groups excluding carboxylic acids is 1. The molecule has 0 radical (unpaired) electrons. The average Bonchev–Trinajstić information content (AvgIpc) is 2.18. The number of hydrogen-bond donors (Lipinski definition) is 2. The largest absolute Gasteiger partial charge is 0.480 e. The molecule has 0 aromatic heterocycles. The number of amides is 1. The summed E-state index contributed by atoms with van der Waals surface area (Å²) in [5.41, 5.74) is -0.511. The molecule has 0 aromatic carbocycles. The maximum Gasteiger partial charge on any atom is 0.326 e. The second-order valence-corrected chi connectivity index (χ2v) is 7.54. The number of ether oxygens (including phenoxy) is 1. The van der Waals surface area contributed by atoms with Crippen LogP contribution in [0, 0.1) is 0 Å². The van der Waals surface area contributed by atoms with Crippen molar-refractivity contribution < 1.29 is 27.9 Å². The van der Waals surface area contributed by atoms with E-state index in [2.05, 4.69) is 5.32 Å². The number of hydrogen-bond acceptors (Lipinski definition) is 5. The molecule has 0 aromatic rings. The maximum absolute atomic E-state index is 11.5. The van der Waals surface area contributed by atoms with Crippen LogP contribution >= 0.6 is 0 Å². The number of sulfone groups is 1. The van der Waals surface area contributed by atoms with Crippen LogP contribution in [0.15, 0.2) is 0 Å². The lowest BCUT2D eigenvalue weighted by Gasteiger charge is -2.20. The first kappa shape index (κ1) is 17.8. The van der Waals surface area contributed by atoms with Gasteiger partial charge in [-0.15, -0.1) is 0 Å². The van der Waals surface area contributed by atoms with Crippen molar-refractivity contribution in [2.45, 2.75) is 38.8 Å². The van der Waals surface area contributed by atoms with Gasteiger partial charge in [-0.25, -0.2) is 13.2 Å². The minimum Gasteiger partial charge on any atom is -0.480 e. The summed E-state index contributed by atoms with van der Waals surface area (Å²) in [5.74, 6) is -2.16. The number of aliphatic carboxylic acids is 1. The Hall–Kier alpha value is -1.15. The van der Waals surface area contributed by atoms with Gasteiger partial charge in [-0.1, -0.05) is 0 Å². The molecule has 7 nitrogen and oxygen atoms in total. The molecule has 1 unspecified atom stereocenters. The second-order valence-electron chi connectivity index (χ2n) is 5.28. The van der Waals surface area contributed by atoms with Crippen LogP contribution in [0.1, 0.15) is 27.2 Å². The van der Waals surface area contributed by atoms with Crippen molar-refractivity contribution in [3.63, 3.8) is 0 Å². The summed E-state index contributed by atoms with van der Waals surface area (Å²) in [4.78, 5) is 22.4. The third kappa shape index (κ3) is 10.5. The van der Waals surface area contributed by atoms with Crippen LogP contribution in [-0.2, 0) is 24.2 Å². The van der Waals surface area contributed by atoms with Gasteiger partial charge < -0.3 is 15.2 Å². The fourth-order valence-electron chi connectivity index (χ4n) is 1.11. The van der Waals surface area contributed by atoms with Crippen LogP contribution < -0.4 is 5.32 Å². The van der Waals surface area contributed by atoms with E-state index < -0.39 is 33.4 Å². The molecule has 1 atom stereocenters. The van der Waals surface area contributed by atoms with Gasteiger partial charge in [0.1, 0.15) is 22.5 Å². The summed E-state index contributed by atoms with van der Waals surface area (Å²) in [7, 11) is -3.27. The number of carbonyl (C=O) groups is 2. The van der Waals surface area contributed by atoms with Gasteiger partial charge in [-0.05, 0) is 27.2 Å². The van der Waals surface area contributed by atoms with Crippen molar-refractivity contribution in [2.24, 2.45) is 0 Å². The van der Waals surface area contributed by atoms with E-state index >= 15 is 0 Å². The van der Waals surface area contributed by atoms with E-state index in [1.54, 1.807) is 20.8 Å². The van der Waals surface area contributed by atoms with Crippen LogP contribution in [0.2, 0.25) is 0 Å². The molecule has 0 bridgehead atoms. The van der Waals surface area contributed by atoms with Gasteiger partial charge in [-0.2, -0.15) is 0 Å². The molecule has 1 amide bonds. The molecule has 0 heterocycles. The average molecular weight is 295 g/mol. The van der Waals surface area contributed by atoms with E-state index in [0.29, 0.717) is 0 Å². The highest BCUT2D eigenvalue weighted by atomic mass is 32.2. The first-order chi connectivity index (χ1) is 8.41. The van der Waals surface area contributed by atoms with E-state index in [4.69, 9.17) is 9.84 Å². The van der Waals surface area contributed by atoms with Gasteiger partial charge in [-0.3, -0.25) is 4.79 Å². The third-order valence-electron chi connectivity index (χ3n) is 2.05. The van der Waals surface area contributed by atoms with Crippen LogP contribution in [0.4, 0.5) is 0 Å². The molecule has 0 aliphatic rings. The Kier molecular flexibility index (Phi) is 6.44. The summed E-state index contributed by atoms with van der Waals surface area (Å²) in [6.45, 7) is 5.02. The lowest BCUT2D eigenvalue weighted by Crippen LogP contribution is -2.44.